The lowest BCUT2D eigenvalue weighted by Gasteiger charge is -2.38. The average Bonchev–Trinajstić information content (AvgIpc) is 2.70. The number of aromatic nitrogens is 1. The number of thiazole rings is 1. The summed E-state index contributed by atoms with van der Waals surface area (Å²) in [7, 11) is 0. The minimum atomic E-state index is -0.163. The monoisotopic (exact) mass is 269 g/mol. The molecule has 1 aromatic heterocycles. The van der Waals surface area contributed by atoms with Crippen molar-refractivity contribution in [3.05, 3.63) is 16.1 Å². The highest BCUT2D eigenvalue weighted by atomic mass is 32.1. The maximum atomic E-state index is 11.6. The number of rotatable bonds is 6. The second-order valence-electron chi connectivity index (χ2n) is 4.80. The van der Waals surface area contributed by atoms with Crippen LogP contribution in [-0.4, -0.2) is 42.7 Å². The van der Waals surface area contributed by atoms with Crippen molar-refractivity contribution >= 4 is 17.2 Å². The number of nitrogens with zero attached hydrogens (tertiary/aromatic N) is 1. The third-order valence-electron chi connectivity index (χ3n) is 2.92. The smallest absolute Gasteiger partial charge is 0.246 e. The summed E-state index contributed by atoms with van der Waals surface area (Å²) in [5.74, 6) is -0.0601. The molecule has 0 unspecified atom stereocenters. The summed E-state index contributed by atoms with van der Waals surface area (Å²) in [5, 5.41) is 9.06. The number of amides is 1. The van der Waals surface area contributed by atoms with E-state index in [1.807, 2.05) is 19.2 Å². The quantitative estimate of drug-likeness (QED) is 0.789. The summed E-state index contributed by atoms with van der Waals surface area (Å²) in [6.07, 6.45) is 0.773. The average molecular weight is 269 g/mol. The van der Waals surface area contributed by atoms with Crippen molar-refractivity contribution in [2.75, 3.05) is 26.2 Å². The summed E-state index contributed by atoms with van der Waals surface area (Å²) in [6.45, 7) is 6.37. The van der Waals surface area contributed by atoms with Crippen LogP contribution in [0.5, 0.6) is 0 Å². The summed E-state index contributed by atoms with van der Waals surface area (Å²) in [5.41, 5.74) is 0.873. The summed E-state index contributed by atoms with van der Waals surface area (Å²) >= 11 is 1.63. The molecule has 0 atom stereocenters. The Morgan fingerprint density at radius 3 is 3.00 bits per heavy atom. The number of hydrogen-bond acceptors (Lipinski definition) is 5. The molecule has 0 spiro atoms. The molecule has 0 saturated carbocycles. The van der Waals surface area contributed by atoms with Gasteiger partial charge in [-0.3, -0.25) is 4.79 Å². The Kier molecular flexibility index (Phi) is 4.31. The van der Waals surface area contributed by atoms with Crippen molar-refractivity contribution in [3.8, 4) is 0 Å². The molecule has 2 rings (SSSR count). The highest BCUT2D eigenvalue weighted by Crippen LogP contribution is 2.14. The molecule has 1 amide bonds. The molecule has 18 heavy (non-hydrogen) atoms. The largest absolute Gasteiger partial charge is 0.363 e. The minimum Gasteiger partial charge on any atom is -0.363 e. The predicted molar refractivity (Wildman–Crippen MR) is 70.8 cm³/mol. The molecule has 1 fully saturated rings. The number of carbonyl (C=O) groups is 1. The van der Waals surface area contributed by atoms with Crippen LogP contribution >= 0.6 is 11.3 Å². The molecular formula is C12H19N3O2S. The molecule has 1 aliphatic heterocycles. The second-order valence-corrected chi connectivity index (χ2v) is 5.86. The van der Waals surface area contributed by atoms with Gasteiger partial charge in [0.2, 0.25) is 5.91 Å². The van der Waals surface area contributed by atoms with Crippen molar-refractivity contribution < 1.29 is 9.53 Å². The maximum absolute atomic E-state index is 11.6. The number of hydrogen-bond donors (Lipinski definition) is 2. The Balaban J connectivity index is 1.60. The number of nitrogens with one attached hydrogen (secondary N) is 2. The Morgan fingerprint density at radius 1 is 1.67 bits per heavy atom. The van der Waals surface area contributed by atoms with Crippen LogP contribution < -0.4 is 10.6 Å². The zero-order valence-corrected chi connectivity index (χ0v) is 11.6. The SMILES string of the molecule is Cc1nc(CCNC(=O)COC2(C)CNC2)cs1. The molecule has 0 aromatic carbocycles. The number of carbonyl (C=O) groups excluding carboxylic acids is 1. The van der Waals surface area contributed by atoms with Crippen LogP contribution in [-0.2, 0) is 16.0 Å². The van der Waals surface area contributed by atoms with Gasteiger partial charge < -0.3 is 15.4 Å². The molecule has 1 aliphatic rings. The first kappa shape index (κ1) is 13.5. The number of aryl methyl sites for hydroxylation is 1. The lowest BCUT2D eigenvalue weighted by atomic mass is 10.0. The maximum Gasteiger partial charge on any atom is 0.246 e. The van der Waals surface area contributed by atoms with E-state index in [0.717, 1.165) is 30.2 Å². The fourth-order valence-electron chi connectivity index (χ4n) is 1.72. The first-order valence-corrected chi connectivity index (χ1v) is 6.98. The Hall–Kier alpha value is -0.980. The van der Waals surface area contributed by atoms with Gasteiger partial charge in [-0.1, -0.05) is 0 Å². The molecular weight excluding hydrogens is 250 g/mol. The molecule has 0 aliphatic carbocycles. The van der Waals surface area contributed by atoms with Crippen molar-refractivity contribution in [2.45, 2.75) is 25.9 Å². The standard InChI is InChI=1S/C12H19N3O2S/c1-9-15-10(6-18-9)3-4-14-11(16)5-17-12(2)7-13-8-12/h6,13H,3-5,7-8H2,1-2H3,(H,14,16). The molecule has 2 N–H and O–H groups in total. The van der Waals surface area contributed by atoms with Crippen molar-refractivity contribution in [1.82, 2.24) is 15.6 Å². The van der Waals surface area contributed by atoms with Crippen LogP contribution in [0.4, 0.5) is 0 Å². The molecule has 6 heteroatoms. The highest BCUT2D eigenvalue weighted by molar-refractivity contribution is 7.09. The summed E-state index contributed by atoms with van der Waals surface area (Å²) in [6, 6.07) is 0. The zero-order valence-electron chi connectivity index (χ0n) is 10.8. The van der Waals surface area contributed by atoms with Crippen LogP contribution in [0.1, 0.15) is 17.6 Å². The van der Waals surface area contributed by atoms with Crippen LogP contribution in [0.2, 0.25) is 0 Å². The van der Waals surface area contributed by atoms with E-state index in [-0.39, 0.29) is 18.1 Å². The van der Waals surface area contributed by atoms with Crippen LogP contribution in [0.3, 0.4) is 0 Å². The molecule has 1 saturated heterocycles. The summed E-state index contributed by atoms with van der Waals surface area (Å²) in [4.78, 5) is 15.9. The Labute approximate surface area is 111 Å². The number of ether oxygens (including phenoxy) is 1. The van der Waals surface area contributed by atoms with Gasteiger partial charge in [-0.2, -0.15) is 0 Å². The van der Waals surface area contributed by atoms with Crippen molar-refractivity contribution in [3.63, 3.8) is 0 Å². The highest BCUT2D eigenvalue weighted by Gasteiger charge is 2.32. The van der Waals surface area contributed by atoms with Gasteiger partial charge in [-0.15, -0.1) is 11.3 Å². The van der Waals surface area contributed by atoms with Gasteiger partial charge in [0.15, 0.2) is 0 Å². The lowest BCUT2D eigenvalue weighted by Crippen LogP contribution is -2.59. The van der Waals surface area contributed by atoms with Crippen LogP contribution in [0.15, 0.2) is 5.38 Å². The normalized spacial score (nSPS) is 17.2. The molecule has 1 aromatic rings. The Morgan fingerprint density at radius 2 is 2.44 bits per heavy atom. The van der Waals surface area contributed by atoms with Gasteiger partial charge in [-0.25, -0.2) is 4.98 Å². The molecule has 5 nitrogen and oxygen atoms in total. The molecule has 0 radical (unpaired) electrons. The topological polar surface area (TPSA) is 63.2 Å². The third-order valence-corrected chi connectivity index (χ3v) is 3.74. The molecule has 0 bridgehead atoms. The fourth-order valence-corrected chi connectivity index (χ4v) is 2.37. The van der Waals surface area contributed by atoms with E-state index in [1.54, 1.807) is 11.3 Å². The first-order chi connectivity index (χ1) is 8.57. The minimum absolute atomic E-state index is 0.0601. The van der Waals surface area contributed by atoms with E-state index in [9.17, 15) is 4.79 Å². The third kappa shape index (κ3) is 3.76. The van der Waals surface area contributed by atoms with E-state index in [1.165, 1.54) is 0 Å². The van der Waals surface area contributed by atoms with E-state index < -0.39 is 0 Å². The van der Waals surface area contributed by atoms with Gasteiger partial charge >= 0.3 is 0 Å². The van der Waals surface area contributed by atoms with Crippen LogP contribution in [0.25, 0.3) is 0 Å². The van der Waals surface area contributed by atoms with Gasteiger partial charge in [-0.05, 0) is 13.8 Å². The second kappa shape index (κ2) is 5.77. The van der Waals surface area contributed by atoms with Crippen LogP contribution in [0, 0.1) is 6.92 Å². The predicted octanol–water partition coefficient (Wildman–Crippen LogP) is 0.489. The van der Waals surface area contributed by atoms with Gasteiger partial charge in [0.05, 0.1) is 16.3 Å². The van der Waals surface area contributed by atoms with Gasteiger partial charge in [0.25, 0.3) is 0 Å². The Bertz CT molecular complexity index is 415. The van der Waals surface area contributed by atoms with Gasteiger partial charge in [0, 0.05) is 31.4 Å². The van der Waals surface area contributed by atoms with Gasteiger partial charge in [0.1, 0.15) is 6.61 Å². The molecule has 2 heterocycles. The first-order valence-electron chi connectivity index (χ1n) is 6.10. The zero-order chi connectivity index (χ0) is 13.0. The van der Waals surface area contributed by atoms with E-state index >= 15 is 0 Å². The van der Waals surface area contributed by atoms with E-state index in [0.29, 0.717) is 6.54 Å². The van der Waals surface area contributed by atoms with Crippen molar-refractivity contribution in [2.24, 2.45) is 0 Å². The summed E-state index contributed by atoms with van der Waals surface area (Å²) < 4.78 is 5.55. The molecule has 100 valence electrons. The van der Waals surface area contributed by atoms with Crippen molar-refractivity contribution in [1.29, 1.82) is 0 Å². The van der Waals surface area contributed by atoms with E-state index in [2.05, 4.69) is 15.6 Å². The lowest BCUT2D eigenvalue weighted by molar-refractivity contribution is -0.135. The fraction of sp³-hybridized carbons (Fsp3) is 0.667. The van der Waals surface area contributed by atoms with E-state index in [4.69, 9.17) is 4.74 Å².